The third-order valence-electron chi connectivity index (χ3n) is 3.99. The number of morpholine rings is 1. The van der Waals surface area contributed by atoms with Crippen molar-refractivity contribution in [1.29, 1.82) is 0 Å². The van der Waals surface area contributed by atoms with Crippen molar-refractivity contribution in [2.45, 2.75) is 51.0 Å². The number of aliphatic hydroxyl groups excluding tert-OH is 1. The van der Waals surface area contributed by atoms with Crippen LogP contribution in [0.2, 0.25) is 0 Å². The van der Waals surface area contributed by atoms with E-state index in [0.29, 0.717) is 13.2 Å². The van der Waals surface area contributed by atoms with Crippen molar-refractivity contribution in [3.8, 4) is 0 Å². The SMILES string of the molecule is CCC1COC(C)CN1C(=O)N1C[C@@H](O)C[C@H]1C(=O)O. The van der Waals surface area contributed by atoms with Crippen LogP contribution in [0.25, 0.3) is 0 Å². The summed E-state index contributed by atoms with van der Waals surface area (Å²) < 4.78 is 5.54. The Morgan fingerprint density at radius 3 is 2.60 bits per heavy atom. The van der Waals surface area contributed by atoms with Crippen molar-refractivity contribution in [1.82, 2.24) is 9.80 Å². The zero-order valence-corrected chi connectivity index (χ0v) is 11.9. The lowest BCUT2D eigenvalue weighted by molar-refractivity contribution is -0.141. The van der Waals surface area contributed by atoms with Crippen LogP contribution in [0.5, 0.6) is 0 Å². The van der Waals surface area contributed by atoms with Gasteiger partial charge in [-0.05, 0) is 13.3 Å². The van der Waals surface area contributed by atoms with E-state index >= 15 is 0 Å². The van der Waals surface area contributed by atoms with Gasteiger partial charge in [0.1, 0.15) is 6.04 Å². The van der Waals surface area contributed by atoms with Gasteiger partial charge in [0.25, 0.3) is 0 Å². The van der Waals surface area contributed by atoms with Crippen LogP contribution in [0.4, 0.5) is 4.79 Å². The molecule has 0 aromatic rings. The molecule has 0 aromatic carbocycles. The number of ether oxygens (including phenoxy) is 1. The molecule has 2 aliphatic rings. The minimum atomic E-state index is -1.07. The lowest BCUT2D eigenvalue weighted by Gasteiger charge is -2.40. The highest BCUT2D eigenvalue weighted by molar-refractivity contribution is 5.83. The molecule has 2 aliphatic heterocycles. The Balaban J connectivity index is 2.13. The van der Waals surface area contributed by atoms with E-state index in [-0.39, 0.29) is 31.1 Å². The molecular formula is C13H22N2O5. The third kappa shape index (κ3) is 2.88. The molecule has 7 heteroatoms. The number of aliphatic carboxylic acids is 1. The minimum absolute atomic E-state index is 0.0362. The predicted molar refractivity (Wildman–Crippen MR) is 70.3 cm³/mol. The van der Waals surface area contributed by atoms with Crippen LogP contribution >= 0.6 is 0 Å². The second-order valence-electron chi connectivity index (χ2n) is 5.54. The second-order valence-corrected chi connectivity index (χ2v) is 5.54. The van der Waals surface area contributed by atoms with Gasteiger partial charge >= 0.3 is 12.0 Å². The van der Waals surface area contributed by atoms with Crippen molar-refractivity contribution in [2.75, 3.05) is 19.7 Å². The summed E-state index contributed by atoms with van der Waals surface area (Å²) in [6.07, 6.45) is 0.0285. The smallest absolute Gasteiger partial charge is 0.326 e. The second kappa shape index (κ2) is 5.97. The molecule has 2 amide bonds. The predicted octanol–water partition coefficient (Wildman–Crippen LogP) is 0.125. The number of β-amino-alcohol motifs (C(OH)–C–C–N with tert-alkyl or cyclic N) is 1. The average molecular weight is 286 g/mol. The lowest BCUT2D eigenvalue weighted by Crippen LogP contribution is -2.57. The van der Waals surface area contributed by atoms with Gasteiger partial charge in [0.15, 0.2) is 0 Å². The van der Waals surface area contributed by atoms with Gasteiger partial charge in [-0.2, -0.15) is 0 Å². The zero-order valence-electron chi connectivity index (χ0n) is 11.9. The minimum Gasteiger partial charge on any atom is -0.480 e. The topological polar surface area (TPSA) is 90.3 Å². The quantitative estimate of drug-likeness (QED) is 0.753. The number of carbonyl (C=O) groups is 2. The molecule has 0 aliphatic carbocycles. The molecule has 0 bridgehead atoms. The standard InChI is InChI=1S/C13H22N2O5/c1-3-9-7-20-8(2)5-14(9)13(19)15-6-10(16)4-11(15)12(17)18/h8-11,16H,3-7H2,1-2H3,(H,17,18)/t8?,9?,10-,11-/m0/s1. The molecule has 2 rings (SSSR count). The number of carboxylic acid groups (broad SMARTS) is 1. The van der Waals surface area contributed by atoms with Crippen molar-refractivity contribution >= 4 is 12.0 Å². The Bertz CT molecular complexity index is 389. The average Bonchev–Trinajstić information content (AvgIpc) is 2.80. The third-order valence-corrected chi connectivity index (χ3v) is 3.99. The van der Waals surface area contributed by atoms with Gasteiger partial charge < -0.3 is 24.7 Å². The molecule has 0 spiro atoms. The normalized spacial score (nSPS) is 34.4. The van der Waals surface area contributed by atoms with Crippen molar-refractivity contribution in [2.24, 2.45) is 0 Å². The highest BCUT2D eigenvalue weighted by Gasteiger charge is 2.42. The number of likely N-dealkylation sites (tertiary alicyclic amines) is 1. The van der Waals surface area contributed by atoms with Gasteiger partial charge in [-0.25, -0.2) is 9.59 Å². The van der Waals surface area contributed by atoms with Crippen LogP contribution < -0.4 is 0 Å². The first-order chi connectivity index (χ1) is 9.43. The van der Waals surface area contributed by atoms with E-state index in [1.54, 1.807) is 4.90 Å². The number of carboxylic acids is 1. The summed E-state index contributed by atoms with van der Waals surface area (Å²) in [6, 6.07) is -1.28. The summed E-state index contributed by atoms with van der Waals surface area (Å²) >= 11 is 0. The van der Waals surface area contributed by atoms with Gasteiger partial charge in [0, 0.05) is 19.5 Å². The van der Waals surface area contributed by atoms with Gasteiger partial charge in [0.2, 0.25) is 0 Å². The maximum Gasteiger partial charge on any atom is 0.326 e. The molecule has 2 unspecified atom stereocenters. The first-order valence-corrected chi connectivity index (χ1v) is 7.03. The Morgan fingerprint density at radius 1 is 1.30 bits per heavy atom. The molecule has 2 saturated heterocycles. The number of nitrogens with zero attached hydrogens (tertiary/aromatic N) is 2. The Labute approximate surface area is 118 Å². The zero-order chi connectivity index (χ0) is 14.9. The first kappa shape index (κ1) is 15.1. The molecule has 2 fully saturated rings. The fourth-order valence-corrected chi connectivity index (χ4v) is 2.84. The summed E-state index contributed by atoms with van der Waals surface area (Å²) in [5.74, 6) is -1.07. The molecule has 0 aromatic heterocycles. The van der Waals surface area contributed by atoms with E-state index in [1.807, 2.05) is 13.8 Å². The van der Waals surface area contributed by atoms with E-state index in [1.165, 1.54) is 4.90 Å². The van der Waals surface area contributed by atoms with Crippen LogP contribution in [-0.4, -0.2) is 76.0 Å². The molecule has 0 radical (unpaired) electrons. The van der Waals surface area contributed by atoms with Crippen LogP contribution in [0.1, 0.15) is 26.7 Å². The monoisotopic (exact) mass is 286 g/mol. The summed E-state index contributed by atoms with van der Waals surface area (Å²) in [7, 11) is 0. The largest absolute Gasteiger partial charge is 0.480 e. The summed E-state index contributed by atoms with van der Waals surface area (Å²) in [5, 5.41) is 18.8. The Hall–Kier alpha value is -1.34. The maximum atomic E-state index is 12.6. The van der Waals surface area contributed by atoms with Crippen LogP contribution in [-0.2, 0) is 9.53 Å². The van der Waals surface area contributed by atoms with E-state index in [0.717, 1.165) is 6.42 Å². The number of rotatable bonds is 2. The highest BCUT2D eigenvalue weighted by Crippen LogP contribution is 2.23. The number of urea groups is 1. The molecule has 2 heterocycles. The molecule has 2 N–H and O–H groups in total. The summed E-state index contributed by atoms with van der Waals surface area (Å²) in [5.41, 5.74) is 0. The first-order valence-electron chi connectivity index (χ1n) is 7.03. The van der Waals surface area contributed by atoms with Gasteiger partial charge in [-0.1, -0.05) is 6.92 Å². The van der Waals surface area contributed by atoms with E-state index in [2.05, 4.69) is 0 Å². The maximum absolute atomic E-state index is 12.6. The van der Waals surface area contributed by atoms with Crippen molar-refractivity contribution < 1.29 is 24.5 Å². The molecule has 0 saturated carbocycles. The number of aliphatic hydroxyl groups is 1. The van der Waals surface area contributed by atoms with Crippen LogP contribution in [0, 0.1) is 0 Å². The number of amides is 2. The molecule has 7 nitrogen and oxygen atoms in total. The summed E-state index contributed by atoms with van der Waals surface area (Å²) in [4.78, 5) is 26.8. The molecule has 20 heavy (non-hydrogen) atoms. The van der Waals surface area contributed by atoms with Gasteiger partial charge in [0.05, 0.1) is 24.9 Å². The number of carbonyl (C=O) groups excluding carboxylic acids is 1. The molecule has 4 atom stereocenters. The van der Waals surface area contributed by atoms with E-state index in [4.69, 9.17) is 4.74 Å². The molecular weight excluding hydrogens is 264 g/mol. The van der Waals surface area contributed by atoms with Crippen molar-refractivity contribution in [3.63, 3.8) is 0 Å². The van der Waals surface area contributed by atoms with Gasteiger partial charge in [-0.15, -0.1) is 0 Å². The number of hydrogen-bond donors (Lipinski definition) is 2. The van der Waals surface area contributed by atoms with E-state index in [9.17, 15) is 19.8 Å². The van der Waals surface area contributed by atoms with Crippen LogP contribution in [0.15, 0.2) is 0 Å². The lowest BCUT2D eigenvalue weighted by atomic mass is 10.1. The highest BCUT2D eigenvalue weighted by atomic mass is 16.5. The number of hydrogen-bond acceptors (Lipinski definition) is 4. The van der Waals surface area contributed by atoms with E-state index < -0.39 is 18.1 Å². The fourth-order valence-electron chi connectivity index (χ4n) is 2.84. The fraction of sp³-hybridized carbons (Fsp3) is 0.846. The molecule has 114 valence electrons. The summed E-state index contributed by atoms with van der Waals surface area (Å²) in [6.45, 7) is 4.86. The Kier molecular flexibility index (Phi) is 4.49. The van der Waals surface area contributed by atoms with Gasteiger partial charge in [-0.3, -0.25) is 0 Å². The van der Waals surface area contributed by atoms with Crippen molar-refractivity contribution in [3.05, 3.63) is 0 Å². The Morgan fingerprint density at radius 2 is 2.00 bits per heavy atom. The van der Waals surface area contributed by atoms with Crippen LogP contribution in [0.3, 0.4) is 0 Å².